The number of hydrogen-bond donors (Lipinski definition) is 1. The normalized spacial score (nSPS) is 12.9. The number of aromatic nitrogens is 3. The summed E-state index contributed by atoms with van der Waals surface area (Å²) in [5.41, 5.74) is 1.67. The molecule has 0 bridgehead atoms. The second-order valence-corrected chi connectivity index (χ2v) is 8.12. The Morgan fingerprint density at radius 3 is 2.79 bits per heavy atom. The molecule has 2 aromatic rings. The number of halogens is 1. The molecule has 0 saturated carbocycles. The molecule has 24 heavy (non-hydrogen) atoms. The molecular formula is C17H23ClN4OS. The molecule has 1 aromatic carbocycles. The van der Waals surface area contributed by atoms with Gasteiger partial charge in [-0.1, -0.05) is 36.4 Å². The van der Waals surface area contributed by atoms with Crippen molar-refractivity contribution in [2.24, 2.45) is 0 Å². The van der Waals surface area contributed by atoms with Crippen LogP contribution in [0.15, 0.2) is 29.7 Å². The number of aryl methyl sites for hydroxylation is 1. The van der Waals surface area contributed by atoms with Crippen LogP contribution in [0.4, 0.5) is 0 Å². The van der Waals surface area contributed by atoms with Crippen molar-refractivity contribution in [3.63, 3.8) is 0 Å². The van der Waals surface area contributed by atoms with Crippen LogP contribution in [0.2, 0.25) is 5.02 Å². The largest absolute Gasteiger partial charge is 0.350 e. The van der Waals surface area contributed by atoms with E-state index in [1.165, 1.54) is 11.8 Å². The number of amides is 1. The summed E-state index contributed by atoms with van der Waals surface area (Å²) >= 11 is 7.58. The summed E-state index contributed by atoms with van der Waals surface area (Å²) in [5, 5.41) is 12.2. The van der Waals surface area contributed by atoms with Gasteiger partial charge in [-0.3, -0.25) is 9.36 Å². The van der Waals surface area contributed by atoms with Gasteiger partial charge in [0.15, 0.2) is 5.16 Å². The van der Waals surface area contributed by atoms with E-state index in [9.17, 15) is 4.79 Å². The summed E-state index contributed by atoms with van der Waals surface area (Å²) in [7, 11) is 0. The Labute approximate surface area is 152 Å². The van der Waals surface area contributed by atoms with Gasteiger partial charge in [0.1, 0.15) is 6.33 Å². The highest BCUT2D eigenvalue weighted by Crippen LogP contribution is 2.26. The highest BCUT2D eigenvalue weighted by atomic mass is 35.5. The van der Waals surface area contributed by atoms with E-state index in [0.717, 1.165) is 17.7 Å². The van der Waals surface area contributed by atoms with Gasteiger partial charge in [0.2, 0.25) is 5.91 Å². The molecule has 0 spiro atoms. The van der Waals surface area contributed by atoms with E-state index in [1.807, 2.05) is 50.5 Å². The van der Waals surface area contributed by atoms with E-state index in [-0.39, 0.29) is 16.7 Å². The maximum absolute atomic E-state index is 12.4. The molecule has 1 N–H and O–H groups in total. The van der Waals surface area contributed by atoms with Crippen LogP contribution in [0.3, 0.4) is 0 Å². The van der Waals surface area contributed by atoms with Crippen LogP contribution in [0.25, 0.3) is 5.69 Å². The molecule has 0 fully saturated rings. The number of thioether (sulfide) groups is 1. The Hall–Kier alpha value is -1.53. The Kier molecular flexibility index (Phi) is 5.93. The first kappa shape index (κ1) is 18.8. The molecule has 0 saturated heterocycles. The summed E-state index contributed by atoms with van der Waals surface area (Å²) < 4.78 is 1.84. The first-order chi connectivity index (χ1) is 11.2. The summed E-state index contributed by atoms with van der Waals surface area (Å²) in [5.74, 6) is -0.0108. The van der Waals surface area contributed by atoms with Gasteiger partial charge in [-0.05, 0) is 51.8 Å². The van der Waals surface area contributed by atoms with Crippen molar-refractivity contribution < 1.29 is 4.79 Å². The number of carbonyl (C=O) groups is 1. The van der Waals surface area contributed by atoms with Crippen molar-refractivity contribution >= 4 is 29.3 Å². The quantitative estimate of drug-likeness (QED) is 0.784. The molecular weight excluding hydrogens is 344 g/mol. The Bertz CT molecular complexity index is 729. The molecule has 0 aliphatic carbocycles. The van der Waals surface area contributed by atoms with Gasteiger partial charge in [-0.15, -0.1) is 10.2 Å². The van der Waals surface area contributed by atoms with Crippen LogP contribution in [0, 0.1) is 6.92 Å². The molecule has 1 unspecified atom stereocenters. The summed E-state index contributed by atoms with van der Waals surface area (Å²) in [6.07, 6.45) is 2.50. The zero-order valence-corrected chi connectivity index (χ0v) is 16.2. The second-order valence-electron chi connectivity index (χ2n) is 6.40. The van der Waals surface area contributed by atoms with Gasteiger partial charge in [0.05, 0.1) is 10.9 Å². The minimum Gasteiger partial charge on any atom is -0.350 e. The third-order valence-electron chi connectivity index (χ3n) is 3.95. The number of nitrogens with zero attached hydrogens (tertiary/aromatic N) is 3. The average Bonchev–Trinajstić information content (AvgIpc) is 2.97. The van der Waals surface area contributed by atoms with Crippen LogP contribution in [-0.4, -0.2) is 31.5 Å². The fourth-order valence-electron chi connectivity index (χ4n) is 1.95. The van der Waals surface area contributed by atoms with E-state index in [4.69, 9.17) is 11.6 Å². The number of benzene rings is 1. The SMILES string of the molecule is CCC(C)(C)NC(=O)C(C)Sc1nncn1-c1ccc(C)c(Cl)c1. The minimum atomic E-state index is -0.278. The molecule has 130 valence electrons. The van der Waals surface area contributed by atoms with Crippen LogP contribution in [-0.2, 0) is 4.79 Å². The fourth-order valence-corrected chi connectivity index (χ4v) is 2.97. The Balaban J connectivity index is 2.15. The number of nitrogens with one attached hydrogen (secondary N) is 1. The Morgan fingerprint density at radius 1 is 1.46 bits per heavy atom. The topological polar surface area (TPSA) is 59.8 Å². The minimum absolute atomic E-state index is 0.0108. The number of hydrogen-bond acceptors (Lipinski definition) is 4. The van der Waals surface area contributed by atoms with Crippen LogP contribution < -0.4 is 5.32 Å². The van der Waals surface area contributed by atoms with Gasteiger partial charge in [0.25, 0.3) is 0 Å². The first-order valence-electron chi connectivity index (χ1n) is 7.88. The first-order valence-corrected chi connectivity index (χ1v) is 9.14. The fraction of sp³-hybridized carbons (Fsp3) is 0.471. The lowest BCUT2D eigenvalue weighted by Gasteiger charge is -2.26. The zero-order valence-electron chi connectivity index (χ0n) is 14.6. The van der Waals surface area contributed by atoms with Crippen molar-refractivity contribution in [3.05, 3.63) is 35.1 Å². The molecule has 0 radical (unpaired) electrons. The predicted molar refractivity (Wildman–Crippen MR) is 98.9 cm³/mol. The standard InChI is InChI=1S/C17H23ClN4OS/c1-6-17(4,5)20-15(23)12(3)24-16-21-19-10-22(16)13-8-7-11(2)14(18)9-13/h7-10,12H,6H2,1-5H3,(H,20,23). The Morgan fingerprint density at radius 2 is 2.17 bits per heavy atom. The number of carbonyl (C=O) groups excluding carboxylic acids is 1. The molecule has 5 nitrogen and oxygen atoms in total. The van der Waals surface area contributed by atoms with Crippen molar-refractivity contribution in [1.29, 1.82) is 0 Å². The van der Waals surface area contributed by atoms with E-state index in [1.54, 1.807) is 6.33 Å². The molecule has 1 heterocycles. The van der Waals surface area contributed by atoms with E-state index < -0.39 is 0 Å². The zero-order chi connectivity index (χ0) is 17.9. The highest BCUT2D eigenvalue weighted by molar-refractivity contribution is 8.00. The third-order valence-corrected chi connectivity index (χ3v) is 5.41. The highest BCUT2D eigenvalue weighted by Gasteiger charge is 2.24. The molecule has 0 aliphatic heterocycles. The lowest BCUT2D eigenvalue weighted by Crippen LogP contribution is -2.46. The van der Waals surface area contributed by atoms with E-state index >= 15 is 0 Å². The van der Waals surface area contributed by atoms with Gasteiger partial charge in [0, 0.05) is 10.6 Å². The summed E-state index contributed by atoms with van der Waals surface area (Å²) in [6, 6.07) is 5.78. The molecule has 0 aliphatic rings. The maximum atomic E-state index is 12.4. The average molecular weight is 367 g/mol. The van der Waals surface area contributed by atoms with Crippen molar-refractivity contribution in [2.45, 2.75) is 57.0 Å². The third kappa shape index (κ3) is 4.51. The smallest absolute Gasteiger partial charge is 0.233 e. The molecule has 1 atom stereocenters. The molecule has 7 heteroatoms. The van der Waals surface area contributed by atoms with Crippen LogP contribution in [0.5, 0.6) is 0 Å². The van der Waals surface area contributed by atoms with Crippen LogP contribution >= 0.6 is 23.4 Å². The van der Waals surface area contributed by atoms with Crippen molar-refractivity contribution in [2.75, 3.05) is 0 Å². The maximum Gasteiger partial charge on any atom is 0.233 e. The van der Waals surface area contributed by atoms with Gasteiger partial charge in [-0.25, -0.2) is 0 Å². The molecule has 1 aromatic heterocycles. The van der Waals surface area contributed by atoms with Crippen LogP contribution in [0.1, 0.15) is 39.7 Å². The van der Waals surface area contributed by atoms with Gasteiger partial charge < -0.3 is 5.32 Å². The predicted octanol–water partition coefficient (Wildman–Crippen LogP) is 4.01. The van der Waals surface area contributed by atoms with E-state index in [0.29, 0.717) is 10.2 Å². The summed E-state index contributed by atoms with van der Waals surface area (Å²) in [4.78, 5) is 12.4. The van der Waals surface area contributed by atoms with Gasteiger partial charge >= 0.3 is 0 Å². The molecule has 2 rings (SSSR count). The lowest BCUT2D eigenvalue weighted by molar-refractivity contribution is -0.121. The van der Waals surface area contributed by atoms with Crippen molar-refractivity contribution in [3.8, 4) is 5.69 Å². The lowest BCUT2D eigenvalue weighted by atomic mass is 10.0. The molecule has 1 amide bonds. The van der Waals surface area contributed by atoms with Crippen molar-refractivity contribution in [1.82, 2.24) is 20.1 Å². The summed E-state index contributed by atoms with van der Waals surface area (Å²) in [6.45, 7) is 9.90. The number of rotatable bonds is 6. The van der Waals surface area contributed by atoms with Gasteiger partial charge in [-0.2, -0.15) is 0 Å². The second kappa shape index (κ2) is 7.57. The monoisotopic (exact) mass is 366 g/mol. The van der Waals surface area contributed by atoms with E-state index in [2.05, 4.69) is 22.4 Å².